The van der Waals surface area contributed by atoms with Gasteiger partial charge in [-0.25, -0.2) is 0 Å². The molecule has 4 heteroatoms. The third kappa shape index (κ3) is 3.61. The molecule has 1 aliphatic heterocycles. The molecule has 0 aromatic heterocycles. The molecule has 2 atom stereocenters. The maximum atomic E-state index is 6.64. The molecule has 0 aliphatic carbocycles. The van der Waals surface area contributed by atoms with Crippen molar-refractivity contribution >= 4 is 15.9 Å². The summed E-state index contributed by atoms with van der Waals surface area (Å²) in [5, 5.41) is 0. The Bertz CT molecular complexity index is 474. The van der Waals surface area contributed by atoms with Crippen LogP contribution in [0.5, 0.6) is 5.75 Å². The highest BCUT2D eigenvalue weighted by atomic mass is 79.9. The minimum atomic E-state index is 0.0594. The molecule has 118 valence electrons. The van der Waals surface area contributed by atoms with Crippen molar-refractivity contribution in [3.63, 3.8) is 0 Å². The normalized spacial score (nSPS) is 20.2. The molecule has 1 aliphatic rings. The zero-order valence-electron chi connectivity index (χ0n) is 13.4. The maximum Gasteiger partial charge on any atom is 0.122 e. The smallest absolute Gasteiger partial charge is 0.122 e. The van der Waals surface area contributed by atoms with Crippen molar-refractivity contribution in [2.45, 2.75) is 51.1 Å². The average Bonchev–Trinajstić information content (AvgIpc) is 3.01. The van der Waals surface area contributed by atoms with Gasteiger partial charge in [0.05, 0.1) is 7.11 Å². The maximum absolute atomic E-state index is 6.64. The topological polar surface area (TPSA) is 38.5 Å². The number of nitrogens with two attached hydrogens (primary N) is 1. The molecule has 0 bridgehead atoms. The van der Waals surface area contributed by atoms with Crippen molar-refractivity contribution in [1.82, 2.24) is 4.90 Å². The van der Waals surface area contributed by atoms with Gasteiger partial charge in [0.15, 0.2) is 0 Å². The van der Waals surface area contributed by atoms with E-state index in [4.69, 9.17) is 10.5 Å². The Morgan fingerprint density at radius 3 is 2.62 bits per heavy atom. The van der Waals surface area contributed by atoms with Crippen molar-refractivity contribution in [1.29, 1.82) is 0 Å². The third-order valence-electron chi connectivity index (χ3n) is 5.03. The fourth-order valence-electron chi connectivity index (χ4n) is 3.31. The first-order chi connectivity index (χ1) is 10.0. The quantitative estimate of drug-likeness (QED) is 0.848. The third-order valence-corrected chi connectivity index (χ3v) is 5.52. The summed E-state index contributed by atoms with van der Waals surface area (Å²) >= 11 is 3.54. The highest BCUT2D eigenvalue weighted by Crippen LogP contribution is 2.31. The Labute approximate surface area is 137 Å². The predicted molar refractivity (Wildman–Crippen MR) is 91.9 cm³/mol. The van der Waals surface area contributed by atoms with Crippen LogP contribution in [0.15, 0.2) is 22.7 Å². The van der Waals surface area contributed by atoms with Crippen molar-refractivity contribution in [2.24, 2.45) is 5.73 Å². The number of likely N-dealkylation sites (tertiary alicyclic amines) is 1. The first kappa shape index (κ1) is 16.8. The van der Waals surface area contributed by atoms with Gasteiger partial charge in [-0.2, -0.15) is 0 Å². The molecule has 3 nitrogen and oxygen atoms in total. The van der Waals surface area contributed by atoms with Gasteiger partial charge in [0.2, 0.25) is 0 Å². The van der Waals surface area contributed by atoms with Crippen LogP contribution < -0.4 is 10.5 Å². The van der Waals surface area contributed by atoms with Gasteiger partial charge in [0.1, 0.15) is 5.75 Å². The molecule has 0 radical (unpaired) electrons. The molecular formula is C17H27BrN2O. The second kappa shape index (κ2) is 7.12. The summed E-state index contributed by atoms with van der Waals surface area (Å²) in [6.07, 6.45) is 4.50. The molecule has 1 fully saturated rings. The zero-order valence-corrected chi connectivity index (χ0v) is 14.9. The van der Waals surface area contributed by atoms with Gasteiger partial charge in [-0.1, -0.05) is 22.9 Å². The lowest BCUT2D eigenvalue weighted by Gasteiger charge is -2.43. The lowest BCUT2D eigenvalue weighted by atomic mass is 9.84. The van der Waals surface area contributed by atoms with E-state index < -0.39 is 0 Å². The van der Waals surface area contributed by atoms with Crippen molar-refractivity contribution in [2.75, 3.05) is 20.2 Å². The van der Waals surface area contributed by atoms with E-state index in [-0.39, 0.29) is 11.6 Å². The fraction of sp³-hybridized carbons (Fsp3) is 0.647. The minimum absolute atomic E-state index is 0.0594. The van der Waals surface area contributed by atoms with E-state index in [2.05, 4.69) is 40.7 Å². The van der Waals surface area contributed by atoms with Crippen LogP contribution in [0.1, 0.15) is 38.7 Å². The van der Waals surface area contributed by atoms with E-state index in [1.807, 2.05) is 12.1 Å². The van der Waals surface area contributed by atoms with Crippen LogP contribution in [0.2, 0.25) is 0 Å². The Hall–Kier alpha value is -0.580. The number of nitrogens with zero attached hydrogens (tertiary/aromatic N) is 1. The zero-order chi connectivity index (χ0) is 15.5. The summed E-state index contributed by atoms with van der Waals surface area (Å²) in [7, 11) is 1.72. The molecule has 1 saturated heterocycles. The number of benzene rings is 1. The Kier molecular flexibility index (Phi) is 5.69. The second-order valence-corrected chi connectivity index (χ2v) is 7.09. The van der Waals surface area contributed by atoms with Crippen LogP contribution in [0.3, 0.4) is 0 Å². The molecule has 21 heavy (non-hydrogen) atoms. The number of hydrogen-bond acceptors (Lipinski definition) is 3. The van der Waals surface area contributed by atoms with Crippen LogP contribution in [0, 0.1) is 0 Å². The Balaban J connectivity index is 2.19. The Morgan fingerprint density at radius 2 is 2.05 bits per heavy atom. The second-order valence-electron chi connectivity index (χ2n) is 6.17. The van der Waals surface area contributed by atoms with Crippen molar-refractivity contribution in [3.8, 4) is 5.75 Å². The summed E-state index contributed by atoms with van der Waals surface area (Å²) in [5.41, 5.74) is 7.87. The van der Waals surface area contributed by atoms with Crippen LogP contribution in [0.4, 0.5) is 0 Å². The molecule has 0 saturated carbocycles. The van der Waals surface area contributed by atoms with Gasteiger partial charge in [0.25, 0.3) is 0 Å². The molecule has 1 aromatic carbocycles. The van der Waals surface area contributed by atoms with Gasteiger partial charge >= 0.3 is 0 Å². The fourth-order valence-corrected chi connectivity index (χ4v) is 3.72. The molecular weight excluding hydrogens is 328 g/mol. The van der Waals surface area contributed by atoms with Gasteiger partial charge in [-0.3, -0.25) is 4.90 Å². The molecule has 2 rings (SSSR count). The molecule has 0 amide bonds. The lowest BCUT2D eigenvalue weighted by molar-refractivity contribution is 0.0996. The van der Waals surface area contributed by atoms with E-state index in [1.165, 1.54) is 31.5 Å². The summed E-state index contributed by atoms with van der Waals surface area (Å²) in [6.45, 7) is 6.91. The molecule has 0 spiro atoms. The van der Waals surface area contributed by atoms with E-state index >= 15 is 0 Å². The van der Waals surface area contributed by atoms with Crippen LogP contribution in [0.25, 0.3) is 0 Å². The number of rotatable bonds is 6. The van der Waals surface area contributed by atoms with Gasteiger partial charge in [0, 0.05) is 16.1 Å². The first-order valence-electron chi connectivity index (χ1n) is 7.84. The van der Waals surface area contributed by atoms with Crippen molar-refractivity contribution in [3.05, 3.63) is 28.2 Å². The van der Waals surface area contributed by atoms with E-state index in [1.54, 1.807) is 7.11 Å². The average molecular weight is 355 g/mol. The summed E-state index contributed by atoms with van der Waals surface area (Å²) in [4.78, 5) is 2.57. The summed E-state index contributed by atoms with van der Waals surface area (Å²) in [6, 6.07) is 6.24. The highest BCUT2D eigenvalue weighted by molar-refractivity contribution is 9.10. The summed E-state index contributed by atoms with van der Waals surface area (Å²) < 4.78 is 6.56. The molecule has 2 unspecified atom stereocenters. The molecule has 1 heterocycles. The van der Waals surface area contributed by atoms with E-state index in [0.29, 0.717) is 0 Å². The van der Waals surface area contributed by atoms with Crippen LogP contribution >= 0.6 is 15.9 Å². The SMILES string of the molecule is CCC(C)(C(N)Cc1cc(Br)ccc1OC)N1CCCC1. The number of ether oxygens (including phenoxy) is 1. The Morgan fingerprint density at radius 1 is 1.38 bits per heavy atom. The van der Waals surface area contributed by atoms with Crippen LogP contribution in [-0.2, 0) is 6.42 Å². The van der Waals surface area contributed by atoms with E-state index in [9.17, 15) is 0 Å². The minimum Gasteiger partial charge on any atom is -0.496 e. The first-order valence-corrected chi connectivity index (χ1v) is 8.63. The monoisotopic (exact) mass is 354 g/mol. The molecule has 2 N–H and O–H groups in total. The van der Waals surface area contributed by atoms with Crippen molar-refractivity contribution < 1.29 is 4.74 Å². The predicted octanol–water partition coefficient (Wildman–Crippen LogP) is 3.59. The molecule has 1 aromatic rings. The van der Waals surface area contributed by atoms with Gasteiger partial charge in [-0.15, -0.1) is 0 Å². The van der Waals surface area contributed by atoms with Crippen LogP contribution in [-0.4, -0.2) is 36.7 Å². The number of halogens is 1. The standard InChI is InChI=1S/C17H27BrN2O/c1-4-17(2,20-9-5-6-10-20)16(19)12-13-11-14(18)7-8-15(13)21-3/h7-8,11,16H,4-6,9-10,12,19H2,1-3H3. The summed E-state index contributed by atoms with van der Waals surface area (Å²) in [5.74, 6) is 0.925. The number of hydrogen-bond donors (Lipinski definition) is 1. The van der Waals surface area contributed by atoms with Gasteiger partial charge < -0.3 is 10.5 Å². The number of methoxy groups -OCH3 is 1. The van der Waals surface area contributed by atoms with E-state index in [0.717, 1.165) is 23.1 Å². The van der Waals surface area contributed by atoms with Gasteiger partial charge in [-0.05, 0) is 69.5 Å². The highest BCUT2D eigenvalue weighted by Gasteiger charge is 2.37. The largest absolute Gasteiger partial charge is 0.496 e. The lowest BCUT2D eigenvalue weighted by Crippen LogP contribution is -2.57.